The Morgan fingerprint density at radius 2 is 1.92 bits per heavy atom. The third-order valence-corrected chi connectivity index (χ3v) is 1.63. The number of rotatable bonds is 1. The molecule has 0 spiro atoms. The van der Waals surface area contributed by atoms with Crippen molar-refractivity contribution in [2.24, 2.45) is 0 Å². The summed E-state index contributed by atoms with van der Waals surface area (Å²) in [6, 6.07) is 0. The molecule has 0 amide bonds. The zero-order valence-electron chi connectivity index (χ0n) is 6.97. The summed E-state index contributed by atoms with van der Waals surface area (Å²) in [5.41, 5.74) is 0. The van der Waals surface area contributed by atoms with Crippen LogP contribution >= 0.6 is 0 Å². The van der Waals surface area contributed by atoms with E-state index in [1.54, 1.807) is 4.52 Å². The van der Waals surface area contributed by atoms with Gasteiger partial charge in [-0.25, -0.2) is 4.98 Å². The quantitative estimate of drug-likeness (QED) is 0.619. The first-order valence-electron chi connectivity index (χ1n) is 3.79. The van der Waals surface area contributed by atoms with Crippen LogP contribution in [0.3, 0.4) is 0 Å². The molecule has 0 unspecified atom stereocenters. The van der Waals surface area contributed by atoms with Crippen molar-refractivity contribution in [3.63, 3.8) is 0 Å². The fourth-order valence-corrected chi connectivity index (χ4v) is 1.07. The van der Waals surface area contributed by atoms with Crippen molar-refractivity contribution >= 4 is 5.78 Å². The second-order valence-corrected chi connectivity index (χ2v) is 2.86. The lowest BCUT2D eigenvalue weighted by atomic mass is 10.2. The fraction of sp³-hybridized carbons (Fsp3) is 0.429. The van der Waals surface area contributed by atoms with E-state index in [1.807, 2.05) is 0 Å². The summed E-state index contributed by atoms with van der Waals surface area (Å²) in [7, 11) is 0. The minimum absolute atomic E-state index is 0.331. The Bertz CT molecular complexity index is 391. The van der Waals surface area contributed by atoms with Crippen LogP contribution in [0.5, 0.6) is 0 Å². The number of hydrogen-bond acceptors (Lipinski definition) is 4. The normalized spacial score (nSPS) is 11.2. The van der Waals surface area contributed by atoms with Crippen molar-refractivity contribution in [1.82, 2.24) is 24.6 Å². The SMILES string of the molecule is CC(C)c1ncnc2ncnn12. The van der Waals surface area contributed by atoms with Gasteiger partial charge in [-0.1, -0.05) is 13.8 Å². The molecule has 0 aromatic carbocycles. The molecule has 0 aliphatic heterocycles. The highest BCUT2D eigenvalue weighted by Crippen LogP contribution is 2.09. The van der Waals surface area contributed by atoms with Gasteiger partial charge in [0, 0.05) is 5.92 Å². The van der Waals surface area contributed by atoms with Crippen LogP contribution in [0.4, 0.5) is 0 Å². The molecular weight excluding hydrogens is 154 g/mol. The van der Waals surface area contributed by atoms with Gasteiger partial charge in [-0.15, -0.1) is 0 Å². The predicted molar refractivity (Wildman–Crippen MR) is 42.7 cm³/mol. The van der Waals surface area contributed by atoms with E-state index >= 15 is 0 Å². The summed E-state index contributed by atoms with van der Waals surface area (Å²) in [5.74, 6) is 1.82. The zero-order valence-corrected chi connectivity index (χ0v) is 6.97. The second-order valence-electron chi connectivity index (χ2n) is 2.86. The lowest BCUT2D eigenvalue weighted by Gasteiger charge is -2.03. The Labute approximate surface area is 69.5 Å². The van der Waals surface area contributed by atoms with Crippen molar-refractivity contribution in [3.8, 4) is 0 Å². The van der Waals surface area contributed by atoms with Gasteiger partial charge in [-0.05, 0) is 0 Å². The van der Waals surface area contributed by atoms with Gasteiger partial charge in [0.25, 0.3) is 5.78 Å². The Hall–Kier alpha value is -1.52. The molecule has 0 fully saturated rings. The third kappa shape index (κ3) is 0.939. The average molecular weight is 163 g/mol. The van der Waals surface area contributed by atoms with E-state index in [0.29, 0.717) is 11.7 Å². The number of aromatic nitrogens is 5. The van der Waals surface area contributed by atoms with E-state index in [4.69, 9.17) is 0 Å². The maximum Gasteiger partial charge on any atom is 0.255 e. The number of nitrogens with zero attached hydrogens (tertiary/aromatic N) is 5. The summed E-state index contributed by atoms with van der Waals surface area (Å²) >= 11 is 0. The molecule has 0 aliphatic carbocycles. The van der Waals surface area contributed by atoms with E-state index in [-0.39, 0.29) is 0 Å². The minimum Gasteiger partial charge on any atom is -0.221 e. The molecule has 5 heteroatoms. The molecule has 0 bridgehead atoms. The maximum atomic E-state index is 4.13. The molecule has 0 N–H and O–H groups in total. The van der Waals surface area contributed by atoms with E-state index in [0.717, 1.165) is 5.82 Å². The van der Waals surface area contributed by atoms with Crippen LogP contribution in [-0.4, -0.2) is 24.6 Å². The Balaban J connectivity index is 2.73. The van der Waals surface area contributed by atoms with Crippen LogP contribution < -0.4 is 0 Å². The van der Waals surface area contributed by atoms with Crippen molar-refractivity contribution in [2.45, 2.75) is 19.8 Å². The highest BCUT2D eigenvalue weighted by Gasteiger charge is 2.07. The molecule has 0 saturated carbocycles. The molecule has 62 valence electrons. The Morgan fingerprint density at radius 1 is 1.17 bits per heavy atom. The van der Waals surface area contributed by atoms with Gasteiger partial charge in [0.1, 0.15) is 18.5 Å². The minimum atomic E-state index is 0.331. The predicted octanol–water partition coefficient (Wildman–Crippen LogP) is 0.643. The molecular formula is C7H9N5. The first kappa shape index (κ1) is 7.15. The first-order valence-corrected chi connectivity index (χ1v) is 3.79. The highest BCUT2D eigenvalue weighted by atomic mass is 15.3. The van der Waals surface area contributed by atoms with Crippen molar-refractivity contribution < 1.29 is 0 Å². The fourth-order valence-electron chi connectivity index (χ4n) is 1.07. The second kappa shape index (κ2) is 2.51. The third-order valence-electron chi connectivity index (χ3n) is 1.63. The summed E-state index contributed by atoms with van der Waals surface area (Å²) in [6.45, 7) is 4.12. The summed E-state index contributed by atoms with van der Waals surface area (Å²) in [6.07, 6.45) is 3.00. The standard InChI is InChI=1S/C7H9N5/c1-5(2)6-8-3-9-7-10-4-11-12(6)7/h3-5H,1-2H3. The highest BCUT2D eigenvalue weighted by molar-refractivity contribution is 5.23. The van der Waals surface area contributed by atoms with Crippen LogP contribution in [0.2, 0.25) is 0 Å². The molecule has 2 rings (SSSR count). The summed E-state index contributed by atoms with van der Waals surface area (Å²) in [4.78, 5) is 12.1. The summed E-state index contributed by atoms with van der Waals surface area (Å²) < 4.78 is 1.66. The first-order chi connectivity index (χ1) is 5.79. The molecule has 2 aromatic rings. The van der Waals surface area contributed by atoms with Crippen LogP contribution in [0, 0.1) is 0 Å². The van der Waals surface area contributed by atoms with Gasteiger partial charge >= 0.3 is 0 Å². The molecule has 0 atom stereocenters. The Morgan fingerprint density at radius 3 is 2.67 bits per heavy atom. The zero-order chi connectivity index (χ0) is 8.55. The van der Waals surface area contributed by atoms with Crippen LogP contribution in [0.25, 0.3) is 5.78 Å². The molecule has 0 aliphatic rings. The van der Waals surface area contributed by atoms with Crippen LogP contribution in [0.15, 0.2) is 12.7 Å². The van der Waals surface area contributed by atoms with E-state index in [2.05, 4.69) is 33.9 Å². The van der Waals surface area contributed by atoms with Crippen molar-refractivity contribution in [1.29, 1.82) is 0 Å². The molecule has 0 radical (unpaired) electrons. The smallest absolute Gasteiger partial charge is 0.221 e. The molecule has 12 heavy (non-hydrogen) atoms. The molecule has 0 saturated heterocycles. The maximum absolute atomic E-state index is 4.13. The Kier molecular flexibility index (Phi) is 1.49. The van der Waals surface area contributed by atoms with E-state index in [1.165, 1.54) is 12.7 Å². The van der Waals surface area contributed by atoms with E-state index < -0.39 is 0 Å². The van der Waals surface area contributed by atoms with Crippen LogP contribution in [0.1, 0.15) is 25.6 Å². The molecule has 2 heterocycles. The molecule has 5 nitrogen and oxygen atoms in total. The lowest BCUT2D eigenvalue weighted by Crippen LogP contribution is -2.05. The van der Waals surface area contributed by atoms with Gasteiger partial charge < -0.3 is 0 Å². The van der Waals surface area contributed by atoms with E-state index in [9.17, 15) is 0 Å². The largest absolute Gasteiger partial charge is 0.255 e. The lowest BCUT2D eigenvalue weighted by molar-refractivity contribution is 0.701. The van der Waals surface area contributed by atoms with Gasteiger partial charge in [-0.2, -0.15) is 19.6 Å². The van der Waals surface area contributed by atoms with Gasteiger partial charge in [0.15, 0.2) is 0 Å². The monoisotopic (exact) mass is 163 g/mol. The number of fused-ring (bicyclic) bond motifs is 1. The van der Waals surface area contributed by atoms with Crippen LogP contribution in [-0.2, 0) is 0 Å². The number of hydrogen-bond donors (Lipinski definition) is 0. The summed E-state index contributed by atoms with van der Waals surface area (Å²) in [5, 5.41) is 4.02. The average Bonchev–Trinajstić information content (AvgIpc) is 2.49. The van der Waals surface area contributed by atoms with Crippen molar-refractivity contribution in [2.75, 3.05) is 0 Å². The van der Waals surface area contributed by atoms with Gasteiger partial charge in [-0.3, -0.25) is 0 Å². The van der Waals surface area contributed by atoms with Gasteiger partial charge in [0.05, 0.1) is 0 Å². The van der Waals surface area contributed by atoms with Gasteiger partial charge in [0.2, 0.25) is 0 Å². The topological polar surface area (TPSA) is 56.0 Å². The molecule has 2 aromatic heterocycles. The van der Waals surface area contributed by atoms with Crippen molar-refractivity contribution in [3.05, 3.63) is 18.5 Å².